The molecule has 0 aliphatic carbocycles. The number of aromatic amines is 2. The Morgan fingerprint density at radius 3 is 2.82 bits per heavy atom. The number of H-pyrrole nitrogens is 2. The van der Waals surface area contributed by atoms with Crippen molar-refractivity contribution in [2.75, 3.05) is 13.7 Å². The maximum absolute atomic E-state index is 12.5. The van der Waals surface area contributed by atoms with Gasteiger partial charge in [0.05, 0.1) is 30.3 Å². The Bertz CT molecular complexity index is 1010. The molecule has 0 radical (unpaired) electrons. The van der Waals surface area contributed by atoms with Crippen LogP contribution in [0.4, 0.5) is 0 Å². The van der Waals surface area contributed by atoms with Crippen molar-refractivity contribution in [1.82, 2.24) is 25.1 Å². The number of hydrogen-bond donors (Lipinski definition) is 2. The predicted octanol–water partition coefficient (Wildman–Crippen LogP) is 2.68. The minimum absolute atomic E-state index is 0.000668. The number of fused-ring (bicyclic) bond motifs is 1. The maximum Gasteiger partial charge on any atom is 0.255 e. The van der Waals surface area contributed by atoms with Crippen molar-refractivity contribution in [2.45, 2.75) is 39.3 Å². The van der Waals surface area contributed by atoms with Gasteiger partial charge < -0.3 is 9.72 Å². The second-order valence-electron chi connectivity index (χ2n) is 7.15. The van der Waals surface area contributed by atoms with E-state index in [0.717, 1.165) is 72.0 Å². The lowest BCUT2D eigenvalue weighted by Gasteiger charge is -2.27. The first-order chi connectivity index (χ1) is 13.7. The van der Waals surface area contributed by atoms with Crippen molar-refractivity contribution in [3.8, 4) is 17.0 Å². The molecule has 0 saturated heterocycles. The van der Waals surface area contributed by atoms with Crippen LogP contribution < -0.4 is 10.3 Å². The van der Waals surface area contributed by atoms with Gasteiger partial charge in [0.15, 0.2) is 0 Å². The number of rotatable bonds is 6. The van der Waals surface area contributed by atoms with Crippen LogP contribution in [0.1, 0.15) is 36.0 Å². The van der Waals surface area contributed by atoms with Crippen molar-refractivity contribution < 1.29 is 4.74 Å². The minimum atomic E-state index is 0.000668. The van der Waals surface area contributed by atoms with Gasteiger partial charge in [0.2, 0.25) is 0 Å². The molecule has 4 rings (SSSR count). The molecule has 0 fully saturated rings. The van der Waals surface area contributed by atoms with E-state index >= 15 is 0 Å². The SMILES string of the molecule is CCCc1nc2c(c(=O)[nH]1)CN(Cc1cn[nH]c1-c1ccc(OC)cc1)CC2. The summed E-state index contributed by atoms with van der Waals surface area (Å²) in [5, 5.41) is 7.34. The van der Waals surface area contributed by atoms with Crippen LogP contribution in [0.15, 0.2) is 35.3 Å². The summed E-state index contributed by atoms with van der Waals surface area (Å²) in [6, 6.07) is 7.92. The third-order valence-electron chi connectivity index (χ3n) is 5.17. The van der Waals surface area contributed by atoms with Gasteiger partial charge in [-0.2, -0.15) is 5.10 Å². The van der Waals surface area contributed by atoms with Crippen molar-refractivity contribution >= 4 is 0 Å². The van der Waals surface area contributed by atoms with Crippen LogP contribution >= 0.6 is 0 Å². The molecule has 1 aliphatic heterocycles. The highest BCUT2D eigenvalue weighted by Crippen LogP contribution is 2.26. The largest absolute Gasteiger partial charge is 0.497 e. The third kappa shape index (κ3) is 3.71. The summed E-state index contributed by atoms with van der Waals surface area (Å²) in [6.07, 6.45) is 4.45. The number of ether oxygens (including phenoxy) is 1. The summed E-state index contributed by atoms with van der Waals surface area (Å²) in [5.74, 6) is 1.63. The Hall–Kier alpha value is -2.93. The molecule has 1 aliphatic rings. The van der Waals surface area contributed by atoms with Crippen LogP contribution in [0.2, 0.25) is 0 Å². The second kappa shape index (κ2) is 7.98. The lowest BCUT2D eigenvalue weighted by molar-refractivity contribution is 0.241. The summed E-state index contributed by atoms with van der Waals surface area (Å²) in [7, 11) is 1.66. The fraction of sp³-hybridized carbons (Fsp3) is 0.381. The van der Waals surface area contributed by atoms with Gasteiger partial charge in [-0.3, -0.25) is 14.8 Å². The molecule has 0 atom stereocenters. The zero-order valence-corrected chi connectivity index (χ0v) is 16.3. The van der Waals surface area contributed by atoms with E-state index in [4.69, 9.17) is 4.74 Å². The summed E-state index contributed by atoms with van der Waals surface area (Å²) < 4.78 is 5.23. The highest BCUT2D eigenvalue weighted by atomic mass is 16.5. The summed E-state index contributed by atoms with van der Waals surface area (Å²) >= 11 is 0. The molecule has 3 heterocycles. The number of hydrogen-bond acceptors (Lipinski definition) is 5. The van der Waals surface area contributed by atoms with E-state index < -0.39 is 0 Å². The number of methoxy groups -OCH3 is 1. The van der Waals surface area contributed by atoms with E-state index in [-0.39, 0.29) is 5.56 Å². The Labute approximate surface area is 163 Å². The fourth-order valence-electron chi connectivity index (χ4n) is 3.70. The Kier molecular flexibility index (Phi) is 5.25. The van der Waals surface area contributed by atoms with Crippen LogP contribution in [0.25, 0.3) is 11.3 Å². The monoisotopic (exact) mass is 379 g/mol. The topological polar surface area (TPSA) is 86.9 Å². The molecule has 28 heavy (non-hydrogen) atoms. The molecule has 146 valence electrons. The van der Waals surface area contributed by atoms with Gasteiger partial charge >= 0.3 is 0 Å². The first kappa shape index (κ1) is 18.4. The zero-order valence-electron chi connectivity index (χ0n) is 16.3. The molecule has 0 amide bonds. The van der Waals surface area contributed by atoms with Crippen molar-refractivity contribution in [1.29, 1.82) is 0 Å². The minimum Gasteiger partial charge on any atom is -0.497 e. The van der Waals surface area contributed by atoms with E-state index in [9.17, 15) is 4.79 Å². The van der Waals surface area contributed by atoms with Crippen LogP contribution in [0.5, 0.6) is 5.75 Å². The van der Waals surface area contributed by atoms with Gasteiger partial charge in [-0.05, 0) is 30.7 Å². The smallest absolute Gasteiger partial charge is 0.255 e. The second-order valence-corrected chi connectivity index (χ2v) is 7.15. The van der Waals surface area contributed by atoms with Crippen LogP contribution in [-0.2, 0) is 25.9 Å². The zero-order chi connectivity index (χ0) is 19.5. The molecule has 0 bridgehead atoms. The molecule has 1 aromatic carbocycles. The van der Waals surface area contributed by atoms with E-state index in [2.05, 4.69) is 32.0 Å². The van der Waals surface area contributed by atoms with E-state index in [1.807, 2.05) is 30.5 Å². The Morgan fingerprint density at radius 1 is 1.25 bits per heavy atom. The van der Waals surface area contributed by atoms with Gasteiger partial charge in [-0.1, -0.05) is 6.92 Å². The first-order valence-electron chi connectivity index (χ1n) is 9.68. The molecule has 3 aromatic rings. The predicted molar refractivity (Wildman–Crippen MR) is 107 cm³/mol. The number of nitrogens with one attached hydrogen (secondary N) is 2. The van der Waals surface area contributed by atoms with Gasteiger partial charge in [0.1, 0.15) is 11.6 Å². The standard InChI is InChI=1S/C21H25N5O2/c1-3-4-19-23-18-9-10-26(13-17(18)21(27)24-19)12-15-11-22-25-20(15)14-5-7-16(28-2)8-6-14/h5-8,11H,3-4,9-10,12-13H2,1-2H3,(H,22,25)(H,23,24,27). The summed E-state index contributed by atoms with van der Waals surface area (Å²) in [6.45, 7) is 4.31. The normalized spacial score (nSPS) is 14.1. The first-order valence-corrected chi connectivity index (χ1v) is 9.68. The Balaban J connectivity index is 1.52. The molecule has 0 spiro atoms. The number of nitrogens with zero attached hydrogens (tertiary/aromatic N) is 3. The summed E-state index contributed by atoms with van der Waals surface area (Å²) in [4.78, 5) is 22.4. The average Bonchev–Trinajstić information content (AvgIpc) is 3.17. The molecule has 2 aromatic heterocycles. The van der Waals surface area contributed by atoms with E-state index in [1.165, 1.54) is 0 Å². The number of aryl methyl sites for hydroxylation is 1. The van der Waals surface area contributed by atoms with E-state index in [1.54, 1.807) is 7.11 Å². The van der Waals surface area contributed by atoms with Gasteiger partial charge in [-0.15, -0.1) is 0 Å². The highest BCUT2D eigenvalue weighted by molar-refractivity contribution is 5.63. The third-order valence-corrected chi connectivity index (χ3v) is 5.17. The average molecular weight is 379 g/mol. The molecule has 7 nitrogen and oxygen atoms in total. The molecule has 0 unspecified atom stereocenters. The highest BCUT2D eigenvalue weighted by Gasteiger charge is 2.22. The molecule has 2 N–H and O–H groups in total. The fourth-order valence-corrected chi connectivity index (χ4v) is 3.70. The van der Waals surface area contributed by atoms with Crippen LogP contribution in [-0.4, -0.2) is 38.7 Å². The van der Waals surface area contributed by atoms with Crippen molar-refractivity contribution in [3.05, 3.63) is 63.5 Å². The Morgan fingerprint density at radius 2 is 2.07 bits per heavy atom. The van der Waals surface area contributed by atoms with E-state index in [0.29, 0.717) is 6.54 Å². The van der Waals surface area contributed by atoms with Crippen molar-refractivity contribution in [3.63, 3.8) is 0 Å². The molecular weight excluding hydrogens is 354 g/mol. The lowest BCUT2D eigenvalue weighted by atomic mass is 10.0. The number of benzene rings is 1. The van der Waals surface area contributed by atoms with Gasteiger partial charge in [-0.25, -0.2) is 4.98 Å². The molecule has 0 saturated carbocycles. The molecular formula is C21H25N5O2. The lowest BCUT2D eigenvalue weighted by Crippen LogP contribution is -2.35. The van der Waals surface area contributed by atoms with Gasteiger partial charge in [0, 0.05) is 43.6 Å². The summed E-state index contributed by atoms with van der Waals surface area (Å²) in [5.41, 5.74) is 4.92. The number of aromatic nitrogens is 4. The molecule has 7 heteroatoms. The quantitative estimate of drug-likeness (QED) is 0.688. The van der Waals surface area contributed by atoms with Crippen LogP contribution in [0, 0.1) is 0 Å². The van der Waals surface area contributed by atoms with Gasteiger partial charge in [0.25, 0.3) is 5.56 Å². The maximum atomic E-state index is 12.5. The van der Waals surface area contributed by atoms with Crippen molar-refractivity contribution in [2.24, 2.45) is 0 Å². The van der Waals surface area contributed by atoms with Crippen LogP contribution in [0.3, 0.4) is 0 Å².